The van der Waals surface area contributed by atoms with Crippen LogP contribution in [0.4, 0.5) is 17.6 Å². The number of piperazine rings is 1. The maximum atomic E-state index is 13.6. The maximum absolute atomic E-state index is 13.6. The molecular weight excluding hydrogens is 522 g/mol. The first-order valence-electron chi connectivity index (χ1n) is 10.9. The van der Waals surface area contributed by atoms with Gasteiger partial charge >= 0.3 is 12.1 Å². The summed E-state index contributed by atoms with van der Waals surface area (Å²) in [5.74, 6) is -2.18. The molecule has 2 saturated heterocycles. The molecular formula is C23H21F4N3O4S2. The van der Waals surface area contributed by atoms with Crippen molar-refractivity contribution in [1.82, 2.24) is 14.7 Å². The van der Waals surface area contributed by atoms with Crippen molar-refractivity contribution in [2.45, 2.75) is 6.18 Å². The average molecular weight is 544 g/mol. The number of carboxylic acids is 1. The number of furan rings is 1. The molecule has 4 rings (SSSR count). The first-order valence-corrected chi connectivity index (χ1v) is 12.1. The van der Waals surface area contributed by atoms with Crippen molar-refractivity contribution in [3.63, 3.8) is 0 Å². The summed E-state index contributed by atoms with van der Waals surface area (Å²) in [6.07, 6.45) is -3.36. The fraction of sp³-hybridized carbons (Fsp3) is 0.348. The van der Waals surface area contributed by atoms with Crippen molar-refractivity contribution in [3.05, 3.63) is 52.4 Å². The highest BCUT2D eigenvalue weighted by Crippen LogP contribution is 2.36. The summed E-state index contributed by atoms with van der Waals surface area (Å²) in [7, 11) is 0. The zero-order valence-corrected chi connectivity index (χ0v) is 20.4. The lowest BCUT2D eigenvalue weighted by Crippen LogP contribution is -2.49. The Morgan fingerprint density at radius 1 is 1.11 bits per heavy atom. The molecule has 1 N–H and O–H groups in total. The van der Waals surface area contributed by atoms with Crippen molar-refractivity contribution < 1.29 is 36.7 Å². The number of alkyl halides is 3. The van der Waals surface area contributed by atoms with Crippen molar-refractivity contribution in [2.24, 2.45) is 0 Å². The number of aliphatic carboxylic acids is 1. The fourth-order valence-electron chi connectivity index (χ4n) is 3.91. The molecule has 0 radical (unpaired) electrons. The highest BCUT2D eigenvalue weighted by Gasteiger charge is 2.35. The number of halogens is 4. The number of carbonyl (C=O) groups excluding carboxylic acids is 1. The van der Waals surface area contributed by atoms with Gasteiger partial charge in [0.15, 0.2) is 0 Å². The molecule has 1 amide bonds. The molecule has 0 spiro atoms. The van der Waals surface area contributed by atoms with Crippen LogP contribution in [0.1, 0.15) is 11.3 Å². The lowest BCUT2D eigenvalue weighted by molar-refractivity contribution is -0.140. The van der Waals surface area contributed by atoms with E-state index in [1.54, 1.807) is 0 Å². The zero-order valence-electron chi connectivity index (χ0n) is 18.8. The highest BCUT2D eigenvalue weighted by atomic mass is 32.2. The number of carbonyl (C=O) groups is 2. The molecule has 3 heterocycles. The Balaban J connectivity index is 1.38. The van der Waals surface area contributed by atoms with E-state index in [1.807, 2.05) is 4.90 Å². The second kappa shape index (κ2) is 10.7. The van der Waals surface area contributed by atoms with Crippen LogP contribution in [0, 0.1) is 5.82 Å². The van der Waals surface area contributed by atoms with Crippen molar-refractivity contribution in [2.75, 3.05) is 45.8 Å². The number of thiocarbonyl (C=S) groups is 1. The zero-order chi connectivity index (χ0) is 26.0. The van der Waals surface area contributed by atoms with Crippen molar-refractivity contribution >= 4 is 46.3 Å². The van der Waals surface area contributed by atoms with Crippen LogP contribution in [0.15, 0.2) is 39.7 Å². The third kappa shape index (κ3) is 6.14. The van der Waals surface area contributed by atoms with Gasteiger partial charge in [-0.25, -0.2) is 4.39 Å². The second-order valence-electron chi connectivity index (χ2n) is 8.24. The van der Waals surface area contributed by atoms with Gasteiger partial charge in [0.1, 0.15) is 21.7 Å². The Kier molecular flexibility index (Phi) is 7.83. The number of hydrogen-bond donors (Lipinski definition) is 1. The molecule has 7 nitrogen and oxygen atoms in total. The summed E-state index contributed by atoms with van der Waals surface area (Å²) in [6, 6.07) is 5.56. The summed E-state index contributed by atoms with van der Waals surface area (Å²) in [6.45, 7) is 3.59. The molecule has 2 fully saturated rings. The molecule has 2 aromatic rings. The van der Waals surface area contributed by atoms with E-state index in [9.17, 15) is 27.2 Å². The van der Waals surface area contributed by atoms with Gasteiger partial charge < -0.3 is 9.52 Å². The van der Waals surface area contributed by atoms with Crippen molar-refractivity contribution in [1.29, 1.82) is 0 Å². The first kappa shape index (κ1) is 26.3. The van der Waals surface area contributed by atoms with Crippen LogP contribution in [0.25, 0.3) is 17.4 Å². The summed E-state index contributed by atoms with van der Waals surface area (Å²) in [4.78, 5) is 29.5. The number of hydrogen-bond acceptors (Lipinski definition) is 7. The minimum atomic E-state index is -4.84. The highest BCUT2D eigenvalue weighted by molar-refractivity contribution is 8.26. The summed E-state index contributed by atoms with van der Waals surface area (Å²) in [5.41, 5.74) is -1.33. The van der Waals surface area contributed by atoms with Gasteiger partial charge in [-0.05, 0) is 30.3 Å². The quantitative estimate of drug-likeness (QED) is 0.319. The molecule has 0 aliphatic carbocycles. The van der Waals surface area contributed by atoms with Crippen LogP contribution in [0.5, 0.6) is 0 Å². The normalized spacial score (nSPS) is 19.0. The fourth-order valence-corrected chi connectivity index (χ4v) is 5.20. The Hall–Kier alpha value is -2.74. The van der Waals surface area contributed by atoms with E-state index >= 15 is 0 Å². The van der Waals surface area contributed by atoms with Gasteiger partial charge in [0.2, 0.25) is 0 Å². The topological polar surface area (TPSA) is 77.2 Å². The molecule has 36 heavy (non-hydrogen) atoms. The minimum absolute atomic E-state index is 0.00643. The van der Waals surface area contributed by atoms with E-state index in [0.29, 0.717) is 54.6 Å². The number of benzene rings is 1. The predicted octanol–water partition coefficient (Wildman–Crippen LogP) is 4.01. The standard InChI is InChI=1S/C23H21F4N3O4S2/c24-17-3-1-14(11-16(17)23(25,26)27)18-4-2-15(34-18)12-19-21(33)30(22(35)36-19)10-9-28-5-7-29(8-6-28)13-20(31)32/h1-4,11-12H,5-10,13H2,(H,31,32). The first-order chi connectivity index (χ1) is 17.0. The van der Waals surface area contributed by atoms with E-state index in [4.69, 9.17) is 21.7 Å². The summed E-state index contributed by atoms with van der Waals surface area (Å²) in [5, 5.41) is 8.89. The molecule has 0 atom stereocenters. The van der Waals surface area contributed by atoms with Gasteiger partial charge in [0.25, 0.3) is 5.91 Å². The SMILES string of the molecule is O=C(O)CN1CCN(CCN2C(=O)C(=Cc3ccc(-c4ccc(F)c(C(F)(F)F)c4)o3)SC2=S)CC1. The molecule has 0 saturated carbocycles. The molecule has 1 aromatic heterocycles. The number of amides is 1. The van der Waals surface area contributed by atoms with E-state index < -0.39 is 23.5 Å². The summed E-state index contributed by atoms with van der Waals surface area (Å²) < 4.78 is 58.6. The lowest BCUT2D eigenvalue weighted by atomic mass is 10.1. The van der Waals surface area contributed by atoms with Crippen LogP contribution >= 0.6 is 24.0 Å². The molecule has 0 bridgehead atoms. The van der Waals surface area contributed by atoms with Crippen LogP contribution in [-0.4, -0.2) is 81.8 Å². The monoisotopic (exact) mass is 543 g/mol. The summed E-state index contributed by atoms with van der Waals surface area (Å²) >= 11 is 6.45. The third-order valence-electron chi connectivity index (χ3n) is 5.79. The van der Waals surface area contributed by atoms with Crippen LogP contribution < -0.4 is 0 Å². The second-order valence-corrected chi connectivity index (χ2v) is 9.92. The van der Waals surface area contributed by atoms with Crippen molar-refractivity contribution in [3.8, 4) is 11.3 Å². The van der Waals surface area contributed by atoms with Gasteiger partial charge in [0.05, 0.1) is 17.0 Å². The molecule has 1 aromatic carbocycles. The predicted molar refractivity (Wildman–Crippen MR) is 129 cm³/mol. The number of rotatable bonds is 7. The Labute approximate surface area is 213 Å². The number of carboxylic acid groups (broad SMARTS) is 1. The van der Waals surface area contributed by atoms with E-state index in [1.165, 1.54) is 29.2 Å². The maximum Gasteiger partial charge on any atom is 0.419 e. The van der Waals surface area contributed by atoms with Crippen LogP contribution in [0.2, 0.25) is 0 Å². The smallest absolute Gasteiger partial charge is 0.419 e. The van der Waals surface area contributed by atoms with Crippen LogP contribution in [0.3, 0.4) is 0 Å². The number of nitrogens with zero attached hydrogens (tertiary/aromatic N) is 3. The third-order valence-corrected chi connectivity index (χ3v) is 7.17. The van der Waals surface area contributed by atoms with Gasteiger partial charge in [-0.1, -0.05) is 24.0 Å². The average Bonchev–Trinajstić information content (AvgIpc) is 3.37. The van der Waals surface area contributed by atoms with Gasteiger partial charge in [-0.15, -0.1) is 0 Å². The molecule has 13 heteroatoms. The van der Waals surface area contributed by atoms with Gasteiger partial charge in [-0.3, -0.25) is 24.3 Å². The lowest BCUT2D eigenvalue weighted by Gasteiger charge is -2.34. The van der Waals surface area contributed by atoms with Crippen LogP contribution in [-0.2, 0) is 15.8 Å². The van der Waals surface area contributed by atoms with E-state index in [0.717, 1.165) is 17.8 Å². The largest absolute Gasteiger partial charge is 0.480 e. The van der Waals surface area contributed by atoms with E-state index in [2.05, 4.69) is 4.90 Å². The number of thioether (sulfide) groups is 1. The molecule has 2 aliphatic rings. The molecule has 192 valence electrons. The van der Waals surface area contributed by atoms with E-state index in [-0.39, 0.29) is 29.5 Å². The Bertz CT molecular complexity index is 1210. The molecule has 0 unspecified atom stereocenters. The Morgan fingerprint density at radius 3 is 2.47 bits per heavy atom. The minimum Gasteiger partial charge on any atom is -0.480 e. The Morgan fingerprint density at radius 2 is 1.81 bits per heavy atom. The van der Waals surface area contributed by atoms with Gasteiger partial charge in [-0.2, -0.15) is 13.2 Å². The van der Waals surface area contributed by atoms with Gasteiger partial charge in [0, 0.05) is 50.9 Å². The molecule has 2 aliphatic heterocycles.